The molecule has 0 aromatic heterocycles. The number of carbonyl (C=O) groups excluding carboxylic acids is 2. The molecule has 0 aliphatic heterocycles. The predicted octanol–water partition coefficient (Wildman–Crippen LogP) is 11.1. The molecule has 43 heavy (non-hydrogen) atoms. The highest BCUT2D eigenvalue weighted by Crippen LogP contribution is 2.14. The molecule has 1 atom stereocenters. The lowest BCUT2D eigenvalue weighted by Gasteiger charge is -2.15. The normalized spacial score (nSPS) is 12.3. The Morgan fingerprint density at radius 1 is 0.535 bits per heavy atom. The van der Waals surface area contributed by atoms with Crippen molar-refractivity contribution in [3.8, 4) is 0 Å². The van der Waals surface area contributed by atoms with Gasteiger partial charge in [-0.3, -0.25) is 9.59 Å². The van der Waals surface area contributed by atoms with E-state index in [9.17, 15) is 14.7 Å². The van der Waals surface area contributed by atoms with Crippen molar-refractivity contribution in [2.75, 3.05) is 13.2 Å². The molecule has 5 nitrogen and oxygen atoms in total. The molecular formula is C38H70O5. The second kappa shape index (κ2) is 34.9. The lowest BCUT2D eigenvalue weighted by atomic mass is 10.0. The first kappa shape index (κ1) is 41.4. The van der Waals surface area contributed by atoms with Gasteiger partial charge in [-0.2, -0.15) is 0 Å². The Morgan fingerprint density at radius 3 is 1.42 bits per heavy atom. The number of ether oxygens (including phenoxy) is 2. The van der Waals surface area contributed by atoms with E-state index in [1.54, 1.807) is 0 Å². The molecule has 0 saturated carbocycles. The molecule has 0 aliphatic carbocycles. The molecule has 0 amide bonds. The van der Waals surface area contributed by atoms with Crippen LogP contribution in [-0.4, -0.2) is 36.4 Å². The number of allylic oxidation sites excluding steroid dienone is 4. The van der Waals surface area contributed by atoms with Gasteiger partial charge in [0, 0.05) is 12.8 Å². The zero-order chi connectivity index (χ0) is 31.5. The summed E-state index contributed by atoms with van der Waals surface area (Å²) in [5.41, 5.74) is 0. The van der Waals surface area contributed by atoms with Gasteiger partial charge in [0.05, 0.1) is 6.61 Å². The summed E-state index contributed by atoms with van der Waals surface area (Å²) >= 11 is 0. The molecule has 5 heteroatoms. The summed E-state index contributed by atoms with van der Waals surface area (Å²) in [5.74, 6) is -0.596. The van der Waals surface area contributed by atoms with E-state index in [1.807, 2.05) is 0 Å². The first-order valence-electron chi connectivity index (χ1n) is 18.4. The molecule has 0 radical (unpaired) electrons. The van der Waals surface area contributed by atoms with Crippen LogP contribution in [0.15, 0.2) is 24.3 Å². The fourth-order valence-corrected chi connectivity index (χ4v) is 5.17. The highest BCUT2D eigenvalue weighted by atomic mass is 16.6. The van der Waals surface area contributed by atoms with E-state index in [4.69, 9.17) is 9.47 Å². The molecule has 0 unspecified atom stereocenters. The Labute approximate surface area is 266 Å². The standard InChI is InChI=1S/C38H70O5/c1-3-5-7-9-11-13-15-17-18-19-20-21-23-25-27-29-31-33-38(41)43-36(34-39)35-42-37(40)32-30-28-26-24-22-16-14-12-10-8-6-4-2/h11,13,17-18,36,39H,3-10,12,14-16,19-35H2,1-2H3/b13-11-,18-17-/t36-/m0/s1. The van der Waals surface area contributed by atoms with Crippen LogP contribution in [0.2, 0.25) is 0 Å². The van der Waals surface area contributed by atoms with E-state index in [-0.39, 0.29) is 25.2 Å². The van der Waals surface area contributed by atoms with Gasteiger partial charge < -0.3 is 14.6 Å². The molecule has 252 valence electrons. The van der Waals surface area contributed by atoms with Crippen molar-refractivity contribution < 1.29 is 24.2 Å². The summed E-state index contributed by atoms with van der Waals surface area (Å²) in [4.78, 5) is 24.2. The average molecular weight is 607 g/mol. The quantitative estimate of drug-likeness (QED) is 0.0457. The zero-order valence-corrected chi connectivity index (χ0v) is 28.5. The van der Waals surface area contributed by atoms with Gasteiger partial charge in [-0.25, -0.2) is 0 Å². The first-order chi connectivity index (χ1) is 21.1. The van der Waals surface area contributed by atoms with Gasteiger partial charge in [0.2, 0.25) is 0 Å². The van der Waals surface area contributed by atoms with Gasteiger partial charge in [-0.15, -0.1) is 0 Å². The molecule has 0 aliphatic rings. The molecule has 1 N–H and O–H groups in total. The second-order valence-corrected chi connectivity index (χ2v) is 12.3. The summed E-state index contributed by atoms with van der Waals surface area (Å²) in [5, 5.41) is 9.52. The van der Waals surface area contributed by atoms with Crippen molar-refractivity contribution in [2.45, 2.75) is 193 Å². The van der Waals surface area contributed by atoms with Crippen LogP contribution in [-0.2, 0) is 19.1 Å². The summed E-state index contributed by atoms with van der Waals surface area (Å²) in [6.07, 6.45) is 39.4. The highest BCUT2D eigenvalue weighted by Gasteiger charge is 2.16. The van der Waals surface area contributed by atoms with Crippen LogP contribution in [0.5, 0.6) is 0 Å². The number of aliphatic hydroxyl groups is 1. The largest absolute Gasteiger partial charge is 0.462 e. The van der Waals surface area contributed by atoms with Crippen molar-refractivity contribution in [3.05, 3.63) is 24.3 Å². The topological polar surface area (TPSA) is 72.8 Å². The van der Waals surface area contributed by atoms with Crippen LogP contribution in [0.4, 0.5) is 0 Å². The minimum Gasteiger partial charge on any atom is -0.462 e. The van der Waals surface area contributed by atoms with E-state index in [0.29, 0.717) is 12.8 Å². The van der Waals surface area contributed by atoms with E-state index in [1.165, 1.54) is 109 Å². The van der Waals surface area contributed by atoms with Crippen molar-refractivity contribution in [3.63, 3.8) is 0 Å². The summed E-state index contributed by atoms with van der Waals surface area (Å²) in [7, 11) is 0. The third-order valence-electron chi connectivity index (χ3n) is 8.00. The van der Waals surface area contributed by atoms with Crippen LogP contribution in [0.25, 0.3) is 0 Å². The van der Waals surface area contributed by atoms with Crippen molar-refractivity contribution in [1.82, 2.24) is 0 Å². The number of hydrogen-bond acceptors (Lipinski definition) is 5. The smallest absolute Gasteiger partial charge is 0.306 e. The maximum Gasteiger partial charge on any atom is 0.306 e. The molecular weight excluding hydrogens is 536 g/mol. The van der Waals surface area contributed by atoms with Crippen LogP contribution in [0.1, 0.15) is 187 Å². The van der Waals surface area contributed by atoms with Gasteiger partial charge in [0.1, 0.15) is 6.61 Å². The van der Waals surface area contributed by atoms with Gasteiger partial charge in [-0.1, -0.05) is 154 Å². The Hall–Kier alpha value is -1.62. The third-order valence-corrected chi connectivity index (χ3v) is 8.00. The molecule has 0 fully saturated rings. The predicted molar refractivity (Wildman–Crippen MR) is 182 cm³/mol. The lowest BCUT2D eigenvalue weighted by Crippen LogP contribution is -2.28. The Morgan fingerprint density at radius 2 is 0.930 bits per heavy atom. The third kappa shape index (κ3) is 33.1. The number of rotatable bonds is 33. The molecule has 0 aromatic rings. The van der Waals surface area contributed by atoms with Gasteiger partial charge in [-0.05, 0) is 44.9 Å². The van der Waals surface area contributed by atoms with Crippen molar-refractivity contribution >= 4 is 11.9 Å². The van der Waals surface area contributed by atoms with Crippen molar-refractivity contribution in [1.29, 1.82) is 0 Å². The van der Waals surface area contributed by atoms with E-state index >= 15 is 0 Å². The fraction of sp³-hybridized carbons (Fsp3) is 0.842. The Kier molecular flexibility index (Phi) is 33.6. The summed E-state index contributed by atoms with van der Waals surface area (Å²) in [6, 6.07) is 0. The summed E-state index contributed by atoms with van der Waals surface area (Å²) in [6.45, 7) is 4.10. The number of hydrogen-bond donors (Lipinski definition) is 1. The monoisotopic (exact) mass is 607 g/mol. The Balaban J connectivity index is 3.57. The fourth-order valence-electron chi connectivity index (χ4n) is 5.17. The van der Waals surface area contributed by atoms with Crippen LogP contribution in [0.3, 0.4) is 0 Å². The number of esters is 2. The zero-order valence-electron chi connectivity index (χ0n) is 28.5. The molecule has 0 heterocycles. The second-order valence-electron chi connectivity index (χ2n) is 12.3. The van der Waals surface area contributed by atoms with Gasteiger partial charge >= 0.3 is 11.9 Å². The molecule has 0 bridgehead atoms. The van der Waals surface area contributed by atoms with Crippen LogP contribution < -0.4 is 0 Å². The van der Waals surface area contributed by atoms with E-state index < -0.39 is 6.10 Å². The molecule has 0 rings (SSSR count). The minimum absolute atomic E-state index is 0.0652. The average Bonchev–Trinajstić information content (AvgIpc) is 3.01. The molecule has 0 spiro atoms. The van der Waals surface area contributed by atoms with Crippen LogP contribution in [0, 0.1) is 0 Å². The lowest BCUT2D eigenvalue weighted by molar-refractivity contribution is -0.161. The van der Waals surface area contributed by atoms with E-state index in [2.05, 4.69) is 38.2 Å². The van der Waals surface area contributed by atoms with E-state index in [0.717, 1.165) is 51.4 Å². The van der Waals surface area contributed by atoms with Crippen LogP contribution >= 0.6 is 0 Å². The maximum absolute atomic E-state index is 12.1. The van der Waals surface area contributed by atoms with Gasteiger partial charge in [0.15, 0.2) is 6.10 Å². The number of unbranched alkanes of at least 4 members (excludes halogenated alkanes) is 21. The molecule has 0 aromatic carbocycles. The number of carbonyl (C=O) groups is 2. The van der Waals surface area contributed by atoms with Gasteiger partial charge in [0.25, 0.3) is 0 Å². The molecule has 0 saturated heterocycles. The maximum atomic E-state index is 12.1. The first-order valence-corrected chi connectivity index (χ1v) is 18.4. The number of aliphatic hydroxyl groups excluding tert-OH is 1. The summed E-state index contributed by atoms with van der Waals surface area (Å²) < 4.78 is 10.6. The minimum atomic E-state index is -0.769. The van der Waals surface area contributed by atoms with Crippen molar-refractivity contribution in [2.24, 2.45) is 0 Å². The Bertz CT molecular complexity index is 657. The highest BCUT2D eigenvalue weighted by molar-refractivity contribution is 5.70. The SMILES string of the molecule is CCCCC/C=C\C/C=C\CCCCCCCCCC(=O)O[C@@H](CO)COC(=O)CCCCCCCCCCCCCC.